The summed E-state index contributed by atoms with van der Waals surface area (Å²) in [5.41, 5.74) is 1.19. The summed E-state index contributed by atoms with van der Waals surface area (Å²) >= 11 is 0. The van der Waals surface area contributed by atoms with E-state index in [0.29, 0.717) is 11.1 Å². The number of benzene rings is 1. The highest BCUT2D eigenvalue weighted by molar-refractivity contribution is 7.90. The van der Waals surface area contributed by atoms with Gasteiger partial charge in [0.15, 0.2) is 9.84 Å². The molecule has 0 bridgehead atoms. The summed E-state index contributed by atoms with van der Waals surface area (Å²) in [7, 11) is -3.07. The molecule has 1 heterocycles. The molecule has 4 nitrogen and oxygen atoms in total. The third kappa shape index (κ3) is 3.29. The third-order valence-corrected chi connectivity index (χ3v) is 4.55. The molecule has 0 atom stereocenters. The molecule has 5 heteroatoms. The van der Waals surface area contributed by atoms with Crippen molar-refractivity contribution < 1.29 is 8.42 Å². The normalized spacial score (nSPS) is 16.2. The Hall–Kier alpha value is -1.38. The Morgan fingerprint density at radius 3 is 2.76 bits per heavy atom. The van der Waals surface area contributed by atoms with Crippen LogP contribution in [0.15, 0.2) is 24.3 Å². The van der Waals surface area contributed by atoms with Crippen LogP contribution in [-0.2, 0) is 15.6 Å². The van der Waals surface area contributed by atoms with Crippen LogP contribution >= 0.6 is 0 Å². The maximum atomic E-state index is 11.9. The van der Waals surface area contributed by atoms with Crippen LogP contribution in [0.4, 0.5) is 0 Å². The summed E-state index contributed by atoms with van der Waals surface area (Å²) in [6.45, 7) is 1.58. The van der Waals surface area contributed by atoms with Crippen LogP contribution in [0.1, 0.15) is 11.1 Å². The number of nitrogens with one attached hydrogen (secondary N) is 1. The molecule has 2 rings (SSSR count). The molecule has 1 N–H and O–H groups in total. The molecule has 0 spiro atoms. The molecule has 17 heavy (non-hydrogen) atoms. The highest BCUT2D eigenvalue weighted by Crippen LogP contribution is 2.13. The Kier molecular flexibility index (Phi) is 3.46. The number of hydrogen-bond donors (Lipinski definition) is 1. The SMILES string of the molecule is N#Cc1cccc(CS(=O)(=O)CC2CNC2)c1. The summed E-state index contributed by atoms with van der Waals surface area (Å²) < 4.78 is 23.8. The van der Waals surface area contributed by atoms with E-state index in [2.05, 4.69) is 5.32 Å². The summed E-state index contributed by atoms with van der Waals surface area (Å²) in [6.07, 6.45) is 0. The van der Waals surface area contributed by atoms with Gasteiger partial charge in [-0.15, -0.1) is 0 Å². The molecule has 0 unspecified atom stereocenters. The van der Waals surface area contributed by atoms with E-state index in [4.69, 9.17) is 5.26 Å². The second-order valence-electron chi connectivity index (χ2n) is 4.39. The molecule has 0 saturated carbocycles. The van der Waals surface area contributed by atoms with Crippen molar-refractivity contribution >= 4 is 9.84 Å². The average molecular weight is 250 g/mol. The summed E-state index contributed by atoms with van der Waals surface area (Å²) in [6, 6.07) is 8.78. The zero-order valence-corrected chi connectivity index (χ0v) is 10.2. The number of sulfone groups is 1. The van der Waals surface area contributed by atoms with Crippen LogP contribution in [0, 0.1) is 17.2 Å². The van der Waals surface area contributed by atoms with E-state index in [1.165, 1.54) is 0 Å². The van der Waals surface area contributed by atoms with Gasteiger partial charge in [0.25, 0.3) is 0 Å². The van der Waals surface area contributed by atoms with Crippen LogP contribution in [0.5, 0.6) is 0 Å². The third-order valence-electron chi connectivity index (χ3n) is 2.80. The first-order valence-corrected chi connectivity index (χ1v) is 7.31. The van der Waals surface area contributed by atoms with Crippen molar-refractivity contribution in [1.82, 2.24) is 5.32 Å². The van der Waals surface area contributed by atoms with Gasteiger partial charge in [-0.25, -0.2) is 8.42 Å². The Morgan fingerprint density at radius 2 is 2.18 bits per heavy atom. The Bertz CT molecular complexity index is 542. The topological polar surface area (TPSA) is 70.0 Å². The van der Waals surface area contributed by atoms with Gasteiger partial charge in [0.1, 0.15) is 0 Å². The van der Waals surface area contributed by atoms with Crippen molar-refractivity contribution in [2.75, 3.05) is 18.8 Å². The van der Waals surface area contributed by atoms with Crippen molar-refractivity contribution in [1.29, 1.82) is 5.26 Å². The maximum absolute atomic E-state index is 11.9. The summed E-state index contributed by atoms with van der Waals surface area (Å²) in [5.74, 6) is 0.509. The van der Waals surface area contributed by atoms with Crippen molar-refractivity contribution in [3.8, 4) is 6.07 Å². The summed E-state index contributed by atoms with van der Waals surface area (Å²) in [4.78, 5) is 0. The first-order valence-electron chi connectivity index (χ1n) is 5.49. The van der Waals surface area contributed by atoms with Gasteiger partial charge in [0.2, 0.25) is 0 Å². The quantitative estimate of drug-likeness (QED) is 0.853. The highest BCUT2D eigenvalue weighted by atomic mass is 32.2. The molecule has 1 aliphatic heterocycles. The number of nitriles is 1. The molecule has 1 aromatic carbocycles. The van der Waals surface area contributed by atoms with E-state index in [9.17, 15) is 8.42 Å². The van der Waals surface area contributed by atoms with Gasteiger partial charge >= 0.3 is 0 Å². The molecule has 1 aromatic rings. The molecule has 1 saturated heterocycles. The second kappa shape index (κ2) is 4.86. The smallest absolute Gasteiger partial charge is 0.154 e. The molecular weight excluding hydrogens is 236 g/mol. The zero-order chi connectivity index (χ0) is 12.3. The standard InChI is InChI=1S/C12H14N2O2S/c13-5-10-2-1-3-11(4-10)8-17(15,16)9-12-6-14-7-12/h1-4,12,14H,6-9H2. The predicted octanol–water partition coefficient (Wildman–Crippen LogP) is 0.692. The van der Waals surface area contributed by atoms with Crippen LogP contribution in [0.3, 0.4) is 0 Å². The Labute approximate surface area is 101 Å². The number of hydrogen-bond acceptors (Lipinski definition) is 4. The van der Waals surface area contributed by atoms with Crippen molar-refractivity contribution in [3.63, 3.8) is 0 Å². The van der Waals surface area contributed by atoms with Gasteiger partial charge in [0, 0.05) is 13.1 Å². The van der Waals surface area contributed by atoms with Crippen LogP contribution in [0.25, 0.3) is 0 Å². The van der Waals surface area contributed by atoms with Crippen LogP contribution in [-0.4, -0.2) is 27.3 Å². The summed E-state index contributed by atoms with van der Waals surface area (Å²) in [5, 5.41) is 11.8. The fraction of sp³-hybridized carbons (Fsp3) is 0.417. The van der Waals surface area contributed by atoms with E-state index < -0.39 is 9.84 Å². The largest absolute Gasteiger partial charge is 0.316 e. The van der Waals surface area contributed by atoms with E-state index in [0.717, 1.165) is 13.1 Å². The Balaban J connectivity index is 2.06. The monoisotopic (exact) mass is 250 g/mol. The van der Waals surface area contributed by atoms with Gasteiger partial charge < -0.3 is 5.32 Å². The zero-order valence-electron chi connectivity index (χ0n) is 9.39. The molecule has 0 amide bonds. The highest BCUT2D eigenvalue weighted by Gasteiger charge is 2.24. The molecule has 90 valence electrons. The fourth-order valence-electron chi connectivity index (χ4n) is 1.87. The lowest BCUT2D eigenvalue weighted by atomic mass is 10.1. The van der Waals surface area contributed by atoms with E-state index in [1.807, 2.05) is 6.07 Å². The van der Waals surface area contributed by atoms with Crippen LogP contribution < -0.4 is 5.32 Å². The van der Waals surface area contributed by atoms with E-state index in [-0.39, 0.29) is 17.4 Å². The Morgan fingerprint density at radius 1 is 1.41 bits per heavy atom. The minimum absolute atomic E-state index is 0.0268. The first-order chi connectivity index (χ1) is 8.09. The molecular formula is C12H14N2O2S. The fourth-order valence-corrected chi connectivity index (χ4v) is 3.63. The molecule has 0 aromatic heterocycles. The van der Waals surface area contributed by atoms with Gasteiger partial charge in [-0.05, 0) is 23.6 Å². The van der Waals surface area contributed by atoms with E-state index in [1.54, 1.807) is 24.3 Å². The molecule has 0 radical (unpaired) electrons. The first kappa shape index (κ1) is 12.1. The number of rotatable bonds is 4. The molecule has 1 aliphatic rings. The lowest BCUT2D eigenvalue weighted by Gasteiger charge is -2.26. The maximum Gasteiger partial charge on any atom is 0.154 e. The average Bonchev–Trinajstić information content (AvgIpc) is 2.23. The van der Waals surface area contributed by atoms with Gasteiger partial charge in [-0.2, -0.15) is 5.26 Å². The lowest BCUT2D eigenvalue weighted by Crippen LogP contribution is -2.45. The predicted molar refractivity (Wildman–Crippen MR) is 65.0 cm³/mol. The molecule has 1 fully saturated rings. The van der Waals surface area contributed by atoms with Crippen molar-refractivity contribution in [3.05, 3.63) is 35.4 Å². The minimum Gasteiger partial charge on any atom is -0.316 e. The van der Waals surface area contributed by atoms with Gasteiger partial charge in [-0.3, -0.25) is 0 Å². The van der Waals surface area contributed by atoms with Gasteiger partial charge in [0.05, 0.1) is 23.1 Å². The van der Waals surface area contributed by atoms with Crippen molar-refractivity contribution in [2.24, 2.45) is 5.92 Å². The number of nitrogens with zero attached hydrogens (tertiary/aromatic N) is 1. The van der Waals surface area contributed by atoms with Crippen LogP contribution in [0.2, 0.25) is 0 Å². The van der Waals surface area contributed by atoms with Crippen molar-refractivity contribution in [2.45, 2.75) is 5.75 Å². The van der Waals surface area contributed by atoms with Gasteiger partial charge in [-0.1, -0.05) is 12.1 Å². The minimum atomic E-state index is -3.07. The molecule has 0 aliphatic carbocycles. The second-order valence-corrected chi connectivity index (χ2v) is 6.50. The van der Waals surface area contributed by atoms with E-state index >= 15 is 0 Å². The lowest BCUT2D eigenvalue weighted by molar-refractivity contribution is 0.378.